The van der Waals surface area contributed by atoms with E-state index in [1.165, 1.54) is 23.3 Å². The molecule has 0 aliphatic carbocycles. The lowest BCUT2D eigenvalue weighted by Gasteiger charge is -2.36. The molecule has 3 aromatic carbocycles. The Morgan fingerprint density at radius 2 is 1.71 bits per heavy atom. The van der Waals surface area contributed by atoms with Crippen LogP contribution in [0.25, 0.3) is 22.3 Å². The van der Waals surface area contributed by atoms with Crippen LogP contribution in [-0.4, -0.2) is 32.8 Å². The highest BCUT2D eigenvalue weighted by Crippen LogP contribution is 2.40. The van der Waals surface area contributed by atoms with Gasteiger partial charge in [0, 0.05) is 30.1 Å². The molecular formula is C28H28FNO4. The summed E-state index contributed by atoms with van der Waals surface area (Å²) in [6.07, 6.45) is 0.930. The Balaban J connectivity index is 1.50. The van der Waals surface area contributed by atoms with Gasteiger partial charge in [-0.2, -0.15) is 0 Å². The molecule has 1 aliphatic rings. The topological polar surface area (TPSA) is 44.1 Å². The number of furan rings is 1. The zero-order valence-electron chi connectivity index (χ0n) is 19.9. The lowest BCUT2D eigenvalue weighted by Crippen LogP contribution is -2.33. The molecule has 1 atom stereocenters. The van der Waals surface area contributed by atoms with E-state index in [1.54, 1.807) is 27.4 Å². The third kappa shape index (κ3) is 3.88. The zero-order chi connectivity index (χ0) is 23.8. The highest BCUT2D eigenvalue weighted by molar-refractivity contribution is 5.90. The van der Waals surface area contributed by atoms with E-state index in [9.17, 15) is 4.39 Å². The SMILES string of the molecule is COc1cc2c(cc1OC)C(C)N(Cc1ccc(OC)c3oc(-c4cccc(F)c4)cc13)CC2. The quantitative estimate of drug-likeness (QED) is 0.333. The van der Waals surface area contributed by atoms with Crippen LogP contribution in [0.15, 0.2) is 59.0 Å². The minimum absolute atomic E-state index is 0.204. The van der Waals surface area contributed by atoms with Gasteiger partial charge in [0.25, 0.3) is 0 Å². The summed E-state index contributed by atoms with van der Waals surface area (Å²) in [5, 5.41) is 0.976. The molecule has 5 rings (SSSR count). The van der Waals surface area contributed by atoms with Crippen LogP contribution in [0, 0.1) is 5.82 Å². The maximum atomic E-state index is 13.8. The Morgan fingerprint density at radius 1 is 0.941 bits per heavy atom. The molecule has 1 aliphatic heterocycles. The van der Waals surface area contributed by atoms with Crippen molar-refractivity contribution in [2.24, 2.45) is 0 Å². The number of hydrogen-bond acceptors (Lipinski definition) is 5. The Hall–Kier alpha value is -3.51. The Bertz CT molecular complexity index is 1350. The van der Waals surface area contributed by atoms with Crippen LogP contribution in [0.5, 0.6) is 17.2 Å². The van der Waals surface area contributed by atoms with Gasteiger partial charge in [0.2, 0.25) is 0 Å². The van der Waals surface area contributed by atoms with Gasteiger partial charge < -0.3 is 18.6 Å². The summed E-state index contributed by atoms with van der Waals surface area (Å²) in [7, 11) is 4.96. The van der Waals surface area contributed by atoms with E-state index >= 15 is 0 Å². The molecule has 34 heavy (non-hydrogen) atoms. The van der Waals surface area contributed by atoms with Crippen molar-refractivity contribution in [1.82, 2.24) is 4.90 Å². The molecule has 0 bridgehead atoms. The van der Waals surface area contributed by atoms with Gasteiger partial charge in [-0.15, -0.1) is 0 Å². The van der Waals surface area contributed by atoms with Crippen LogP contribution >= 0.6 is 0 Å². The van der Waals surface area contributed by atoms with Crippen molar-refractivity contribution < 1.29 is 23.0 Å². The van der Waals surface area contributed by atoms with Crippen molar-refractivity contribution in [3.63, 3.8) is 0 Å². The maximum Gasteiger partial charge on any atom is 0.176 e. The van der Waals surface area contributed by atoms with Crippen LogP contribution in [0.4, 0.5) is 4.39 Å². The number of hydrogen-bond donors (Lipinski definition) is 0. The van der Waals surface area contributed by atoms with E-state index in [-0.39, 0.29) is 11.9 Å². The second-order valence-corrected chi connectivity index (χ2v) is 8.59. The molecule has 4 aromatic rings. The van der Waals surface area contributed by atoms with Gasteiger partial charge in [-0.1, -0.05) is 18.2 Å². The van der Waals surface area contributed by atoms with E-state index in [1.807, 2.05) is 18.2 Å². The maximum absolute atomic E-state index is 13.8. The number of fused-ring (bicyclic) bond motifs is 2. The van der Waals surface area contributed by atoms with E-state index in [4.69, 9.17) is 18.6 Å². The first kappa shape index (κ1) is 22.3. The highest BCUT2D eigenvalue weighted by Gasteiger charge is 2.27. The molecule has 1 unspecified atom stereocenters. The highest BCUT2D eigenvalue weighted by atomic mass is 19.1. The Labute approximate surface area is 198 Å². The van der Waals surface area contributed by atoms with Crippen molar-refractivity contribution in [3.05, 3.63) is 77.1 Å². The molecule has 1 aromatic heterocycles. The number of halogens is 1. The molecule has 0 amide bonds. The van der Waals surface area contributed by atoms with Crippen LogP contribution < -0.4 is 14.2 Å². The average Bonchev–Trinajstić information content (AvgIpc) is 3.31. The fourth-order valence-electron chi connectivity index (χ4n) is 4.87. The first-order valence-electron chi connectivity index (χ1n) is 11.4. The molecule has 6 heteroatoms. The lowest BCUT2D eigenvalue weighted by atomic mass is 9.92. The van der Waals surface area contributed by atoms with E-state index in [0.29, 0.717) is 22.7 Å². The molecule has 5 nitrogen and oxygen atoms in total. The molecule has 0 fully saturated rings. The lowest BCUT2D eigenvalue weighted by molar-refractivity contribution is 0.189. The van der Waals surface area contributed by atoms with Crippen molar-refractivity contribution >= 4 is 11.0 Å². The molecule has 0 spiro atoms. The standard InChI is InChI=1S/C28H28FNO4/c1-17-22-14-27(33-4)26(32-3)13-18(22)10-11-30(17)16-20-8-9-24(31-2)28-23(20)15-25(34-28)19-6-5-7-21(29)12-19/h5-9,12-15,17H,10-11,16H2,1-4H3. The Morgan fingerprint density at radius 3 is 2.44 bits per heavy atom. The van der Waals surface area contributed by atoms with Gasteiger partial charge in [-0.3, -0.25) is 4.90 Å². The second kappa shape index (κ2) is 9.03. The number of methoxy groups -OCH3 is 3. The van der Waals surface area contributed by atoms with E-state index in [2.05, 4.69) is 30.0 Å². The number of ether oxygens (including phenoxy) is 3. The summed E-state index contributed by atoms with van der Waals surface area (Å²) in [5.74, 6) is 2.50. The second-order valence-electron chi connectivity index (χ2n) is 8.59. The van der Waals surface area contributed by atoms with Gasteiger partial charge >= 0.3 is 0 Å². The molecule has 0 saturated carbocycles. The first-order chi connectivity index (χ1) is 16.5. The van der Waals surface area contributed by atoms with Gasteiger partial charge in [-0.05, 0) is 66.4 Å². The fraction of sp³-hybridized carbons (Fsp3) is 0.286. The minimum Gasteiger partial charge on any atom is -0.493 e. The van der Waals surface area contributed by atoms with Gasteiger partial charge in [-0.25, -0.2) is 4.39 Å². The molecule has 176 valence electrons. The summed E-state index contributed by atoms with van der Waals surface area (Å²) in [6.45, 7) is 3.89. The van der Waals surface area contributed by atoms with Crippen LogP contribution in [0.3, 0.4) is 0 Å². The minimum atomic E-state index is -0.294. The molecular weight excluding hydrogens is 433 g/mol. The van der Waals surface area contributed by atoms with Crippen molar-refractivity contribution in [2.75, 3.05) is 27.9 Å². The van der Waals surface area contributed by atoms with Crippen LogP contribution in [0.2, 0.25) is 0 Å². The van der Waals surface area contributed by atoms with E-state index < -0.39 is 0 Å². The summed E-state index contributed by atoms with van der Waals surface area (Å²) in [5.41, 5.74) is 5.05. The number of benzene rings is 3. The smallest absolute Gasteiger partial charge is 0.176 e. The average molecular weight is 462 g/mol. The van der Waals surface area contributed by atoms with Crippen molar-refractivity contribution in [3.8, 4) is 28.6 Å². The third-order valence-electron chi connectivity index (χ3n) is 6.75. The summed E-state index contributed by atoms with van der Waals surface area (Å²) >= 11 is 0. The zero-order valence-corrected chi connectivity index (χ0v) is 19.9. The van der Waals surface area contributed by atoms with Crippen molar-refractivity contribution in [1.29, 1.82) is 0 Å². The van der Waals surface area contributed by atoms with Crippen LogP contribution in [-0.2, 0) is 13.0 Å². The Kier molecular flexibility index (Phi) is 5.92. The van der Waals surface area contributed by atoms with Crippen molar-refractivity contribution in [2.45, 2.75) is 25.9 Å². The largest absolute Gasteiger partial charge is 0.493 e. The van der Waals surface area contributed by atoms with Crippen LogP contribution in [0.1, 0.15) is 29.7 Å². The third-order valence-corrected chi connectivity index (χ3v) is 6.75. The van der Waals surface area contributed by atoms with Gasteiger partial charge in [0.15, 0.2) is 22.8 Å². The van der Waals surface area contributed by atoms with Gasteiger partial charge in [0.1, 0.15) is 11.6 Å². The number of rotatable bonds is 6. The normalized spacial score (nSPS) is 15.9. The fourth-order valence-corrected chi connectivity index (χ4v) is 4.87. The monoisotopic (exact) mass is 461 g/mol. The number of nitrogens with zero attached hydrogens (tertiary/aromatic N) is 1. The van der Waals surface area contributed by atoms with E-state index in [0.717, 1.165) is 42.0 Å². The predicted molar refractivity (Wildman–Crippen MR) is 130 cm³/mol. The molecule has 2 heterocycles. The first-order valence-corrected chi connectivity index (χ1v) is 11.4. The summed E-state index contributed by atoms with van der Waals surface area (Å²) in [4.78, 5) is 2.45. The molecule has 0 saturated heterocycles. The predicted octanol–water partition coefficient (Wildman–Crippen LogP) is 6.38. The molecule has 0 radical (unpaired) electrons. The summed E-state index contributed by atoms with van der Waals surface area (Å²) < 4.78 is 36.6. The van der Waals surface area contributed by atoms with Gasteiger partial charge in [0.05, 0.1) is 21.3 Å². The summed E-state index contributed by atoms with van der Waals surface area (Å²) in [6, 6.07) is 16.8. The molecule has 0 N–H and O–H groups in total.